The van der Waals surface area contributed by atoms with Crippen LogP contribution in [0.15, 0.2) is 35.1 Å². The van der Waals surface area contributed by atoms with Crippen molar-refractivity contribution in [1.29, 1.82) is 0 Å². The summed E-state index contributed by atoms with van der Waals surface area (Å²) >= 11 is 5.30. The van der Waals surface area contributed by atoms with Gasteiger partial charge in [0.15, 0.2) is 5.82 Å². The summed E-state index contributed by atoms with van der Waals surface area (Å²) in [4.78, 5) is 0. The van der Waals surface area contributed by atoms with E-state index >= 15 is 0 Å². The summed E-state index contributed by atoms with van der Waals surface area (Å²) in [6.45, 7) is 4.05. The molecule has 0 unspecified atom stereocenters. The molecule has 122 valence electrons. The molecule has 0 radical (unpaired) electrons. The van der Waals surface area contributed by atoms with Crippen molar-refractivity contribution in [2.75, 3.05) is 5.88 Å². The Morgan fingerprint density at radius 2 is 1.78 bits per heavy atom. The first kappa shape index (κ1) is 17.1. The summed E-state index contributed by atoms with van der Waals surface area (Å²) in [5, 5.41) is 15.7. The van der Waals surface area contributed by atoms with Crippen LogP contribution >= 0.6 is 11.6 Å². The van der Waals surface area contributed by atoms with E-state index in [2.05, 4.69) is 27.3 Å². The molecular formula is C16H20ClN5O. The fourth-order valence-electron chi connectivity index (χ4n) is 1.85. The van der Waals surface area contributed by atoms with E-state index in [1.807, 2.05) is 42.8 Å². The van der Waals surface area contributed by atoms with Gasteiger partial charge in [-0.2, -0.15) is 0 Å². The van der Waals surface area contributed by atoms with Crippen LogP contribution < -0.4 is 0 Å². The molecule has 0 saturated heterocycles. The standard InChI is InChI=1S/C12H11N5O.C4H9Cl/c1-8-14-15-11(17(8)2)9-3-5-10(6-4-9)12-16-13-7-18-12;1-2-3-4-5/h3-7H,1-2H3;2-4H2,1H3. The molecule has 0 aliphatic carbocycles. The zero-order valence-electron chi connectivity index (χ0n) is 13.5. The molecule has 3 rings (SSSR count). The third-order valence-corrected chi connectivity index (χ3v) is 3.60. The minimum absolute atomic E-state index is 0.510. The molecule has 3 aromatic rings. The van der Waals surface area contributed by atoms with E-state index in [4.69, 9.17) is 16.0 Å². The summed E-state index contributed by atoms with van der Waals surface area (Å²) in [7, 11) is 1.94. The monoisotopic (exact) mass is 333 g/mol. The lowest BCUT2D eigenvalue weighted by Gasteiger charge is -2.02. The fraction of sp³-hybridized carbons (Fsp3) is 0.375. The lowest BCUT2D eigenvalue weighted by Crippen LogP contribution is -1.94. The number of nitrogens with zero attached hydrogens (tertiary/aromatic N) is 5. The van der Waals surface area contributed by atoms with Gasteiger partial charge in [0.1, 0.15) is 5.82 Å². The third-order valence-electron chi connectivity index (χ3n) is 3.33. The van der Waals surface area contributed by atoms with Crippen LogP contribution in [0.3, 0.4) is 0 Å². The molecule has 6 nitrogen and oxygen atoms in total. The number of hydrogen-bond donors (Lipinski definition) is 0. The van der Waals surface area contributed by atoms with Crippen molar-refractivity contribution >= 4 is 11.6 Å². The number of halogens is 1. The highest BCUT2D eigenvalue weighted by Crippen LogP contribution is 2.22. The largest absolute Gasteiger partial charge is 0.423 e. The molecule has 0 bridgehead atoms. The molecule has 7 heteroatoms. The van der Waals surface area contributed by atoms with Gasteiger partial charge in [0.2, 0.25) is 12.3 Å². The van der Waals surface area contributed by atoms with E-state index in [0.29, 0.717) is 5.89 Å². The lowest BCUT2D eigenvalue weighted by molar-refractivity contribution is 0.568. The third kappa shape index (κ3) is 4.39. The van der Waals surface area contributed by atoms with Crippen LogP contribution in [0.1, 0.15) is 25.6 Å². The molecule has 0 N–H and O–H groups in total. The highest BCUT2D eigenvalue weighted by Gasteiger charge is 2.09. The van der Waals surface area contributed by atoms with Crippen LogP contribution in [-0.2, 0) is 7.05 Å². The van der Waals surface area contributed by atoms with Gasteiger partial charge < -0.3 is 8.98 Å². The Hall–Kier alpha value is -2.21. The molecular weight excluding hydrogens is 314 g/mol. The Morgan fingerprint density at radius 3 is 2.22 bits per heavy atom. The maximum Gasteiger partial charge on any atom is 0.247 e. The summed E-state index contributed by atoms with van der Waals surface area (Å²) in [5.74, 6) is 3.04. The number of unbranched alkanes of at least 4 members (excludes halogenated alkanes) is 1. The fourth-order valence-corrected chi connectivity index (χ4v) is 2.12. The maximum absolute atomic E-state index is 5.30. The number of hydrogen-bond acceptors (Lipinski definition) is 5. The molecule has 0 atom stereocenters. The van der Waals surface area contributed by atoms with Crippen molar-refractivity contribution in [3.05, 3.63) is 36.5 Å². The first-order valence-corrected chi connectivity index (χ1v) is 7.99. The van der Waals surface area contributed by atoms with Gasteiger partial charge in [-0.15, -0.1) is 32.0 Å². The van der Waals surface area contributed by atoms with Gasteiger partial charge in [0, 0.05) is 24.1 Å². The van der Waals surface area contributed by atoms with E-state index < -0.39 is 0 Å². The Bertz CT molecular complexity index is 705. The second kappa shape index (κ2) is 8.43. The summed E-state index contributed by atoms with van der Waals surface area (Å²) in [5.41, 5.74) is 1.89. The predicted molar refractivity (Wildman–Crippen MR) is 90.1 cm³/mol. The van der Waals surface area contributed by atoms with E-state index in [0.717, 1.165) is 35.1 Å². The number of rotatable bonds is 4. The van der Waals surface area contributed by atoms with Gasteiger partial charge in [0.05, 0.1) is 0 Å². The van der Waals surface area contributed by atoms with E-state index in [9.17, 15) is 0 Å². The molecule has 0 saturated carbocycles. The van der Waals surface area contributed by atoms with Gasteiger partial charge in [-0.1, -0.05) is 25.5 Å². The van der Waals surface area contributed by atoms with Crippen LogP contribution in [0.4, 0.5) is 0 Å². The van der Waals surface area contributed by atoms with Crippen LogP contribution in [0, 0.1) is 6.92 Å². The molecule has 2 heterocycles. The van der Waals surface area contributed by atoms with Crippen LogP contribution in [0.2, 0.25) is 0 Å². The highest BCUT2D eigenvalue weighted by molar-refractivity contribution is 6.17. The maximum atomic E-state index is 5.30. The molecule has 0 spiro atoms. The molecule has 23 heavy (non-hydrogen) atoms. The predicted octanol–water partition coefficient (Wildman–Crippen LogP) is 3.87. The average molecular weight is 334 g/mol. The molecule has 2 aromatic heterocycles. The summed E-state index contributed by atoms with van der Waals surface area (Å²) < 4.78 is 7.08. The molecule has 0 aliphatic rings. The van der Waals surface area contributed by atoms with Crippen LogP contribution in [-0.4, -0.2) is 30.8 Å². The minimum atomic E-state index is 0.510. The van der Waals surface area contributed by atoms with Crippen molar-refractivity contribution in [1.82, 2.24) is 25.0 Å². The highest BCUT2D eigenvalue weighted by atomic mass is 35.5. The first-order chi connectivity index (χ1) is 11.2. The zero-order chi connectivity index (χ0) is 16.7. The smallest absolute Gasteiger partial charge is 0.247 e. The SMILES string of the molecule is CCCCCl.Cc1nnc(-c2ccc(-c3nnco3)cc2)n1C. The van der Waals surface area contributed by atoms with Gasteiger partial charge in [0.25, 0.3) is 0 Å². The molecule has 0 amide bonds. The number of aryl methyl sites for hydroxylation is 1. The lowest BCUT2D eigenvalue weighted by atomic mass is 10.1. The molecule has 1 aromatic carbocycles. The van der Waals surface area contributed by atoms with Gasteiger partial charge in [-0.25, -0.2) is 0 Å². The Balaban J connectivity index is 0.000000338. The minimum Gasteiger partial charge on any atom is -0.423 e. The normalized spacial score (nSPS) is 10.3. The number of aromatic nitrogens is 5. The first-order valence-electron chi connectivity index (χ1n) is 7.46. The zero-order valence-corrected chi connectivity index (χ0v) is 14.3. The van der Waals surface area contributed by atoms with Gasteiger partial charge >= 0.3 is 0 Å². The Kier molecular flexibility index (Phi) is 6.29. The summed E-state index contributed by atoms with van der Waals surface area (Å²) in [6, 6.07) is 7.77. The quantitative estimate of drug-likeness (QED) is 0.678. The van der Waals surface area contributed by atoms with E-state index in [1.54, 1.807) is 0 Å². The van der Waals surface area contributed by atoms with Crippen molar-refractivity contribution in [2.24, 2.45) is 7.05 Å². The van der Waals surface area contributed by atoms with Crippen LogP contribution in [0.25, 0.3) is 22.8 Å². The van der Waals surface area contributed by atoms with Crippen LogP contribution in [0.5, 0.6) is 0 Å². The molecule has 0 aliphatic heterocycles. The van der Waals surface area contributed by atoms with Crippen molar-refractivity contribution < 1.29 is 4.42 Å². The van der Waals surface area contributed by atoms with Crippen molar-refractivity contribution in [2.45, 2.75) is 26.7 Å². The second-order valence-electron chi connectivity index (χ2n) is 4.99. The van der Waals surface area contributed by atoms with Gasteiger partial charge in [-0.05, 0) is 25.5 Å². The van der Waals surface area contributed by atoms with Crippen molar-refractivity contribution in [3.8, 4) is 22.8 Å². The van der Waals surface area contributed by atoms with Gasteiger partial charge in [-0.3, -0.25) is 0 Å². The average Bonchev–Trinajstić information content (AvgIpc) is 3.21. The second-order valence-corrected chi connectivity index (χ2v) is 5.37. The Labute approximate surface area is 140 Å². The van der Waals surface area contributed by atoms with E-state index in [-0.39, 0.29) is 0 Å². The number of benzene rings is 1. The van der Waals surface area contributed by atoms with Crippen molar-refractivity contribution in [3.63, 3.8) is 0 Å². The summed E-state index contributed by atoms with van der Waals surface area (Å²) in [6.07, 6.45) is 3.68. The molecule has 0 fully saturated rings. The Morgan fingerprint density at radius 1 is 1.09 bits per heavy atom. The topological polar surface area (TPSA) is 69.6 Å². The number of alkyl halides is 1. The van der Waals surface area contributed by atoms with E-state index in [1.165, 1.54) is 12.8 Å².